The van der Waals surface area contributed by atoms with Gasteiger partial charge in [-0.1, -0.05) is 19.2 Å². The van der Waals surface area contributed by atoms with Crippen molar-refractivity contribution in [1.82, 2.24) is 24.8 Å². The zero-order valence-electron chi connectivity index (χ0n) is 22.1. The van der Waals surface area contributed by atoms with Gasteiger partial charge in [-0.3, -0.25) is 14.7 Å². The van der Waals surface area contributed by atoms with Crippen LogP contribution in [-0.4, -0.2) is 89.2 Å². The number of rotatable bonds is 8. The van der Waals surface area contributed by atoms with E-state index in [1.165, 1.54) is 12.4 Å². The smallest absolute Gasteiger partial charge is 0.246 e. The second-order valence-electron chi connectivity index (χ2n) is 10.1. The molecule has 2 aromatic heterocycles. The van der Waals surface area contributed by atoms with E-state index < -0.39 is 0 Å². The minimum Gasteiger partial charge on any atom is -0.483 e. The molecule has 1 amide bonds. The Morgan fingerprint density at radius 2 is 1.89 bits per heavy atom. The molecule has 5 rings (SSSR count). The molecule has 2 aromatic rings. The fourth-order valence-electron chi connectivity index (χ4n) is 5.58. The molecule has 5 heterocycles. The number of nitrogens with zero attached hydrogens (tertiary/aromatic N) is 6. The Balaban J connectivity index is 1.24. The first-order chi connectivity index (χ1) is 18.5. The SMILES string of the molecule is C=CC(=O)N1CC(N2CCC(c3cc(C=C)c(O[C@H](C)c4c(N)ncnc4N4CCOCC4)cn3)CC2)C1. The van der Waals surface area contributed by atoms with E-state index in [0.717, 1.165) is 74.7 Å². The number of amides is 1. The molecule has 10 heteroatoms. The summed E-state index contributed by atoms with van der Waals surface area (Å²) in [6.07, 6.45) is 8.20. The number of hydrogen-bond acceptors (Lipinski definition) is 9. The van der Waals surface area contributed by atoms with Crippen molar-refractivity contribution in [1.29, 1.82) is 0 Å². The first kappa shape index (κ1) is 26.1. The highest BCUT2D eigenvalue weighted by molar-refractivity contribution is 5.87. The third kappa shape index (κ3) is 5.37. The van der Waals surface area contributed by atoms with Gasteiger partial charge in [0.25, 0.3) is 0 Å². The Bertz CT molecular complexity index is 1170. The molecule has 3 aliphatic heterocycles. The van der Waals surface area contributed by atoms with Crippen LogP contribution in [0, 0.1) is 0 Å². The quantitative estimate of drug-likeness (QED) is 0.526. The van der Waals surface area contributed by atoms with Gasteiger partial charge in [0.1, 0.15) is 29.8 Å². The van der Waals surface area contributed by atoms with E-state index in [0.29, 0.717) is 36.7 Å². The molecule has 3 fully saturated rings. The summed E-state index contributed by atoms with van der Waals surface area (Å²) < 4.78 is 11.9. The average Bonchev–Trinajstić information content (AvgIpc) is 2.93. The molecular formula is C28H37N7O3. The number of carbonyl (C=O) groups is 1. The number of nitrogen functional groups attached to an aromatic ring is 1. The summed E-state index contributed by atoms with van der Waals surface area (Å²) in [5.41, 5.74) is 9.04. The van der Waals surface area contributed by atoms with Crippen LogP contribution in [0.1, 0.15) is 48.6 Å². The zero-order chi connectivity index (χ0) is 26.6. The van der Waals surface area contributed by atoms with Gasteiger partial charge in [-0.15, -0.1) is 0 Å². The summed E-state index contributed by atoms with van der Waals surface area (Å²) in [5.74, 6) is 2.26. The number of likely N-dealkylation sites (tertiary alicyclic amines) is 2. The summed E-state index contributed by atoms with van der Waals surface area (Å²) in [6, 6.07) is 2.54. The number of aromatic nitrogens is 3. The van der Waals surface area contributed by atoms with E-state index >= 15 is 0 Å². The Morgan fingerprint density at radius 3 is 2.58 bits per heavy atom. The summed E-state index contributed by atoms with van der Waals surface area (Å²) >= 11 is 0. The lowest BCUT2D eigenvalue weighted by Crippen LogP contribution is -2.61. The van der Waals surface area contributed by atoms with E-state index in [1.54, 1.807) is 6.20 Å². The van der Waals surface area contributed by atoms with Crippen LogP contribution in [0.3, 0.4) is 0 Å². The number of anilines is 2. The summed E-state index contributed by atoms with van der Waals surface area (Å²) in [4.78, 5) is 31.8. The van der Waals surface area contributed by atoms with Crippen molar-refractivity contribution in [3.05, 3.63) is 54.6 Å². The van der Waals surface area contributed by atoms with E-state index in [-0.39, 0.29) is 12.0 Å². The third-order valence-electron chi connectivity index (χ3n) is 7.87. The van der Waals surface area contributed by atoms with Crippen molar-refractivity contribution in [3.8, 4) is 5.75 Å². The van der Waals surface area contributed by atoms with Crippen LogP contribution >= 0.6 is 0 Å². The van der Waals surface area contributed by atoms with Crippen LogP contribution in [0.15, 0.2) is 37.8 Å². The Labute approximate surface area is 224 Å². The average molecular weight is 520 g/mol. The minimum atomic E-state index is -0.376. The highest BCUT2D eigenvalue weighted by Crippen LogP contribution is 2.35. The standard InChI is InChI=1S/C28H37N7O3/c1-4-20-14-23(21-6-8-33(9-7-21)22-16-35(17-22)25(36)5-2)30-15-24(20)38-19(3)26-27(29)31-18-32-28(26)34-10-12-37-13-11-34/h4-5,14-15,18-19,21-22H,1-2,6-13,16-17H2,3H3,(H2,29,31,32)/t19-/m1/s1. The predicted molar refractivity (Wildman–Crippen MR) is 147 cm³/mol. The number of ether oxygens (including phenoxy) is 2. The number of piperidine rings is 1. The lowest BCUT2D eigenvalue weighted by molar-refractivity contribution is -0.133. The number of pyridine rings is 1. The maximum Gasteiger partial charge on any atom is 0.246 e. The van der Waals surface area contributed by atoms with Crippen LogP contribution in [-0.2, 0) is 9.53 Å². The molecule has 10 nitrogen and oxygen atoms in total. The Hall–Kier alpha value is -3.50. The van der Waals surface area contributed by atoms with Crippen LogP contribution in [0.25, 0.3) is 6.08 Å². The number of morpholine rings is 1. The number of carbonyl (C=O) groups excluding carboxylic acids is 1. The van der Waals surface area contributed by atoms with Gasteiger partial charge >= 0.3 is 0 Å². The fourth-order valence-corrected chi connectivity index (χ4v) is 5.58. The molecule has 3 aliphatic rings. The molecule has 0 unspecified atom stereocenters. The van der Waals surface area contributed by atoms with Crippen LogP contribution in [0.2, 0.25) is 0 Å². The van der Waals surface area contributed by atoms with Gasteiger partial charge in [-0.05, 0) is 45.0 Å². The molecule has 1 atom stereocenters. The Kier molecular flexibility index (Phi) is 7.90. The number of hydrogen-bond donors (Lipinski definition) is 1. The monoisotopic (exact) mass is 519 g/mol. The van der Waals surface area contributed by atoms with Crippen molar-refractivity contribution in [2.45, 2.75) is 37.8 Å². The van der Waals surface area contributed by atoms with E-state index in [4.69, 9.17) is 20.2 Å². The van der Waals surface area contributed by atoms with Crippen molar-refractivity contribution >= 4 is 23.6 Å². The van der Waals surface area contributed by atoms with E-state index in [2.05, 4.69) is 39.0 Å². The Morgan fingerprint density at radius 1 is 1.16 bits per heavy atom. The molecule has 3 saturated heterocycles. The van der Waals surface area contributed by atoms with Crippen molar-refractivity contribution in [2.75, 3.05) is 63.1 Å². The van der Waals surface area contributed by atoms with Gasteiger partial charge in [0.2, 0.25) is 5.91 Å². The van der Waals surface area contributed by atoms with Crippen molar-refractivity contribution in [3.63, 3.8) is 0 Å². The fraction of sp³-hybridized carbons (Fsp3) is 0.500. The maximum absolute atomic E-state index is 11.7. The lowest BCUT2D eigenvalue weighted by Gasteiger charge is -2.47. The van der Waals surface area contributed by atoms with E-state index in [1.807, 2.05) is 17.9 Å². The third-order valence-corrected chi connectivity index (χ3v) is 7.87. The summed E-state index contributed by atoms with van der Waals surface area (Å²) in [7, 11) is 0. The second kappa shape index (κ2) is 11.5. The predicted octanol–water partition coefficient (Wildman–Crippen LogP) is 2.65. The van der Waals surface area contributed by atoms with E-state index in [9.17, 15) is 4.79 Å². The molecule has 0 saturated carbocycles. The van der Waals surface area contributed by atoms with Gasteiger partial charge in [0.15, 0.2) is 0 Å². The summed E-state index contributed by atoms with van der Waals surface area (Å²) in [5, 5.41) is 0. The molecule has 202 valence electrons. The van der Waals surface area contributed by atoms with Gasteiger partial charge in [-0.2, -0.15) is 0 Å². The first-order valence-electron chi connectivity index (χ1n) is 13.4. The van der Waals surface area contributed by atoms with Gasteiger partial charge in [-0.25, -0.2) is 9.97 Å². The lowest BCUT2D eigenvalue weighted by atomic mass is 9.90. The maximum atomic E-state index is 11.7. The van der Waals surface area contributed by atoms with Gasteiger partial charge < -0.3 is 25.0 Å². The summed E-state index contributed by atoms with van der Waals surface area (Å²) in [6.45, 7) is 15.9. The molecule has 0 aliphatic carbocycles. The zero-order valence-corrected chi connectivity index (χ0v) is 22.1. The van der Waals surface area contributed by atoms with Crippen molar-refractivity contribution in [2.24, 2.45) is 0 Å². The molecule has 38 heavy (non-hydrogen) atoms. The first-order valence-corrected chi connectivity index (χ1v) is 13.4. The van der Waals surface area contributed by atoms with Crippen LogP contribution in [0.5, 0.6) is 5.75 Å². The molecular weight excluding hydrogens is 482 g/mol. The minimum absolute atomic E-state index is 0.0220. The van der Waals surface area contributed by atoms with Crippen LogP contribution < -0.4 is 15.4 Å². The van der Waals surface area contributed by atoms with Gasteiger partial charge in [0, 0.05) is 49.4 Å². The molecule has 0 spiro atoms. The van der Waals surface area contributed by atoms with Crippen molar-refractivity contribution < 1.29 is 14.3 Å². The highest BCUT2D eigenvalue weighted by Gasteiger charge is 2.36. The number of nitrogens with two attached hydrogens (primary N) is 1. The van der Waals surface area contributed by atoms with Gasteiger partial charge in [0.05, 0.1) is 25.0 Å². The molecule has 0 bridgehead atoms. The molecule has 2 N–H and O–H groups in total. The normalized spacial score (nSPS) is 20.0. The largest absolute Gasteiger partial charge is 0.483 e. The van der Waals surface area contributed by atoms with Crippen LogP contribution in [0.4, 0.5) is 11.6 Å². The topological polar surface area (TPSA) is 110 Å². The second-order valence-corrected chi connectivity index (χ2v) is 10.1. The molecule has 0 aromatic carbocycles. The molecule has 0 radical (unpaired) electrons. The highest BCUT2D eigenvalue weighted by atomic mass is 16.5.